The van der Waals surface area contributed by atoms with Gasteiger partial charge in [0.25, 0.3) is 21.4 Å². The van der Waals surface area contributed by atoms with Crippen molar-refractivity contribution in [1.29, 1.82) is 0 Å². The summed E-state index contributed by atoms with van der Waals surface area (Å²) in [6, 6.07) is 3.08. The topological polar surface area (TPSA) is 109 Å². The van der Waals surface area contributed by atoms with E-state index >= 15 is 0 Å². The number of H-pyrrole nitrogens is 1. The molecule has 0 aromatic carbocycles. The Balaban J connectivity index is 2.14. The van der Waals surface area contributed by atoms with Crippen LogP contribution in [-0.2, 0) is 10.0 Å². The Morgan fingerprint density at radius 3 is 2.95 bits per heavy atom. The van der Waals surface area contributed by atoms with E-state index in [9.17, 15) is 13.2 Å². The highest BCUT2D eigenvalue weighted by Gasteiger charge is 2.20. The molecule has 0 aliphatic rings. The summed E-state index contributed by atoms with van der Waals surface area (Å²) >= 11 is 1.07. The fourth-order valence-electron chi connectivity index (χ4n) is 1.68. The maximum Gasteiger partial charge on any atom is 0.298 e. The highest BCUT2D eigenvalue weighted by Crippen LogP contribution is 2.19. The monoisotopic (exact) mass is 311 g/mol. The van der Waals surface area contributed by atoms with Crippen LogP contribution in [0.3, 0.4) is 0 Å². The Morgan fingerprint density at radius 1 is 1.45 bits per heavy atom. The summed E-state index contributed by atoms with van der Waals surface area (Å²) in [6.45, 7) is 1.54. The third kappa shape index (κ3) is 1.98. The zero-order chi connectivity index (χ0) is 14.3. The van der Waals surface area contributed by atoms with Gasteiger partial charge in [0.1, 0.15) is 16.2 Å². The van der Waals surface area contributed by atoms with Crippen LogP contribution in [0.5, 0.6) is 0 Å². The zero-order valence-corrected chi connectivity index (χ0v) is 11.8. The van der Waals surface area contributed by atoms with Crippen molar-refractivity contribution in [3.8, 4) is 0 Å². The van der Waals surface area contributed by atoms with E-state index in [-0.39, 0.29) is 21.4 Å². The van der Waals surface area contributed by atoms with Gasteiger partial charge in [0, 0.05) is 0 Å². The second-order valence-electron chi connectivity index (χ2n) is 3.94. The predicted molar refractivity (Wildman–Crippen MR) is 73.5 cm³/mol. The molecule has 0 aliphatic carbocycles. The van der Waals surface area contributed by atoms with Crippen LogP contribution >= 0.6 is 11.3 Å². The highest BCUT2D eigenvalue weighted by molar-refractivity contribution is 7.94. The molecule has 0 atom stereocenters. The SMILES string of the molecule is Cc1nc2nc[nH]n2c(=O)c1NS(=O)(=O)c1cccs1. The van der Waals surface area contributed by atoms with Crippen molar-refractivity contribution in [2.75, 3.05) is 4.72 Å². The van der Waals surface area contributed by atoms with Gasteiger partial charge in [-0.1, -0.05) is 6.07 Å². The van der Waals surface area contributed by atoms with Gasteiger partial charge in [-0.3, -0.25) is 14.6 Å². The van der Waals surface area contributed by atoms with Gasteiger partial charge in [-0.25, -0.2) is 18.4 Å². The summed E-state index contributed by atoms with van der Waals surface area (Å²) in [5, 5.41) is 4.22. The first kappa shape index (κ1) is 12.8. The maximum absolute atomic E-state index is 12.2. The smallest absolute Gasteiger partial charge is 0.278 e. The standard InChI is InChI=1S/C10H9N5O3S2/c1-6-8(9(16)15-10(13-6)11-5-12-15)14-20(17,18)7-3-2-4-19-7/h2-5,14H,1H3,(H,11,12,13). The number of aryl methyl sites for hydroxylation is 1. The second kappa shape index (κ2) is 4.42. The lowest BCUT2D eigenvalue weighted by atomic mass is 10.4. The van der Waals surface area contributed by atoms with Gasteiger partial charge < -0.3 is 0 Å². The van der Waals surface area contributed by atoms with Crippen LogP contribution in [0.2, 0.25) is 0 Å². The van der Waals surface area contributed by atoms with Gasteiger partial charge in [-0.2, -0.15) is 4.52 Å². The molecule has 104 valence electrons. The van der Waals surface area contributed by atoms with Crippen LogP contribution in [0.4, 0.5) is 5.69 Å². The molecule has 10 heteroatoms. The largest absolute Gasteiger partial charge is 0.298 e. The first-order chi connectivity index (χ1) is 9.49. The Morgan fingerprint density at radius 2 is 2.25 bits per heavy atom. The van der Waals surface area contributed by atoms with Crippen molar-refractivity contribution < 1.29 is 8.42 Å². The molecule has 2 N–H and O–H groups in total. The average molecular weight is 311 g/mol. The van der Waals surface area contributed by atoms with Gasteiger partial charge in [0.05, 0.1) is 5.69 Å². The van der Waals surface area contributed by atoms with Crippen LogP contribution in [0, 0.1) is 6.92 Å². The number of hydrogen-bond donors (Lipinski definition) is 2. The summed E-state index contributed by atoms with van der Waals surface area (Å²) in [4.78, 5) is 20.1. The van der Waals surface area contributed by atoms with Gasteiger partial charge in [-0.05, 0) is 18.4 Å². The van der Waals surface area contributed by atoms with Gasteiger partial charge in [0.15, 0.2) is 0 Å². The first-order valence-corrected chi connectivity index (χ1v) is 7.84. The Hall–Kier alpha value is -2.20. The minimum absolute atomic E-state index is 0.0971. The van der Waals surface area contributed by atoms with Crippen molar-refractivity contribution in [2.24, 2.45) is 0 Å². The van der Waals surface area contributed by atoms with Crippen LogP contribution in [0.15, 0.2) is 32.8 Å². The lowest BCUT2D eigenvalue weighted by molar-refractivity contribution is 0.603. The van der Waals surface area contributed by atoms with Crippen molar-refractivity contribution in [3.05, 3.63) is 39.9 Å². The van der Waals surface area contributed by atoms with E-state index in [0.717, 1.165) is 15.9 Å². The van der Waals surface area contributed by atoms with E-state index in [1.807, 2.05) is 0 Å². The third-order valence-electron chi connectivity index (χ3n) is 2.61. The van der Waals surface area contributed by atoms with E-state index in [1.54, 1.807) is 18.4 Å². The molecule has 8 nitrogen and oxygen atoms in total. The normalized spacial score (nSPS) is 11.8. The summed E-state index contributed by atoms with van der Waals surface area (Å²) in [6.07, 6.45) is 1.31. The van der Waals surface area contributed by atoms with Crippen molar-refractivity contribution >= 4 is 32.8 Å². The Kier molecular flexibility index (Phi) is 2.83. The number of fused-ring (bicyclic) bond motifs is 1. The number of thiophene rings is 1. The number of nitrogens with zero attached hydrogens (tertiary/aromatic N) is 3. The van der Waals surface area contributed by atoms with Gasteiger partial charge >= 0.3 is 0 Å². The van der Waals surface area contributed by atoms with Crippen molar-refractivity contribution in [3.63, 3.8) is 0 Å². The number of sulfonamides is 1. The van der Waals surface area contributed by atoms with Gasteiger partial charge in [0.2, 0.25) is 0 Å². The molecule has 3 heterocycles. The van der Waals surface area contributed by atoms with E-state index in [1.165, 1.54) is 12.4 Å². The van der Waals surface area contributed by atoms with Crippen molar-refractivity contribution in [2.45, 2.75) is 11.1 Å². The quantitative estimate of drug-likeness (QED) is 0.735. The summed E-state index contributed by atoms with van der Waals surface area (Å²) in [7, 11) is -3.79. The second-order valence-corrected chi connectivity index (χ2v) is 6.79. The molecule has 0 bridgehead atoms. The molecule has 3 rings (SSSR count). The minimum atomic E-state index is -3.79. The van der Waals surface area contributed by atoms with E-state index in [0.29, 0.717) is 0 Å². The molecule has 0 aliphatic heterocycles. The number of hydrogen-bond acceptors (Lipinski definition) is 6. The molecule has 0 radical (unpaired) electrons. The molecule has 20 heavy (non-hydrogen) atoms. The zero-order valence-electron chi connectivity index (χ0n) is 10.2. The van der Waals surface area contributed by atoms with Crippen molar-refractivity contribution in [1.82, 2.24) is 19.6 Å². The molecule has 0 saturated heterocycles. The molecule has 3 aromatic heterocycles. The van der Waals surface area contributed by atoms with E-state index in [4.69, 9.17) is 0 Å². The predicted octanol–water partition coefficient (Wildman–Crippen LogP) is 0.588. The number of rotatable bonds is 3. The molecule has 0 amide bonds. The molecule has 3 aromatic rings. The summed E-state index contributed by atoms with van der Waals surface area (Å²) in [5.74, 6) is 0.187. The van der Waals surface area contributed by atoms with Gasteiger partial charge in [-0.15, -0.1) is 11.3 Å². The maximum atomic E-state index is 12.2. The van der Waals surface area contributed by atoms with E-state index < -0.39 is 15.6 Å². The Bertz CT molecular complexity index is 924. The Labute approximate surface area is 117 Å². The molecular weight excluding hydrogens is 302 g/mol. The third-order valence-corrected chi connectivity index (χ3v) is 5.36. The lowest BCUT2D eigenvalue weighted by Crippen LogP contribution is -2.25. The molecule has 0 fully saturated rings. The van der Waals surface area contributed by atoms with E-state index in [2.05, 4.69) is 19.8 Å². The molecule has 0 unspecified atom stereocenters. The number of anilines is 1. The molecular formula is C10H9N5O3S2. The minimum Gasteiger partial charge on any atom is -0.278 e. The highest BCUT2D eigenvalue weighted by atomic mass is 32.2. The summed E-state index contributed by atoms with van der Waals surface area (Å²) < 4.78 is 27.8. The average Bonchev–Trinajstić information content (AvgIpc) is 3.04. The molecule has 0 saturated carbocycles. The van der Waals surface area contributed by atoms with Crippen LogP contribution < -0.4 is 10.3 Å². The summed E-state index contributed by atoms with van der Waals surface area (Å²) in [5.41, 5.74) is -0.382. The lowest BCUT2D eigenvalue weighted by Gasteiger charge is -2.07. The first-order valence-electron chi connectivity index (χ1n) is 5.48. The number of aromatic nitrogens is 4. The van der Waals surface area contributed by atoms with Crippen LogP contribution in [0.1, 0.15) is 5.69 Å². The fraction of sp³-hybridized carbons (Fsp3) is 0.100. The number of aromatic amines is 1. The number of nitrogens with one attached hydrogen (secondary N) is 2. The van der Waals surface area contributed by atoms with Crippen LogP contribution in [0.25, 0.3) is 5.78 Å². The van der Waals surface area contributed by atoms with Crippen LogP contribution in [-0.4, -0.2) is 28.0 Å². The fourth-order valence-corrected chi connectivity index (χ4v) is 3.79. The molecule has 0 spiro atoms.